The highest BCUT2D eigenvalue weighted by Gasteiger charge is 2.24. The van der Waals surface area contributed by atoms with E-state index in [1.807, 2.05) is 13.8 Å². The molecule has 0 saturated heterocycles. The van der Waals surface area contributed by atoms with Crippen LogP contribution in [0.2, 0.25) is 5.02 Å². The van der Waals surface area contributed by atoms with E-state index in [9.17, 15) is 14.4 Å². The Hall–Kier alpha value is -3.39. The maximum absolute atomic E-state index is 12.5. The predicted molar refractivity (Wildman–Crippen MR) is 114 cm³/mol. The van der Waals surface area contributed by atoms with Gasteiger partial charge in [0, 0.05) is 16.1 Å². The molecule has 9 heteroatoms. The first-order chi connectivity index (χ1) is 14.3. The lowest BCUT2D eigenvalue weighted by molar-refractivity contribution is -0.124. The second-order valence-electron chi connectivity index (χ2n) is 6.73. The first-order valence-corrected chi connectivity index (χ1v) is 9.55. The number of hydrazone groups is 1. The number of carbonyl (C=O) groups excluding carboxylic acids is 3. The second kappa shape index (κ2) is 11.0. The summed E-state index contributed by atoms with van der Waals surface area (Å²) in [5, 5.41) is 7.15. The molecule has 2 aromatic carbocycles. The molecule has 0 heterocycles. The topological polar surface area (TPSA) is 123 Å². The number of nitrogens with one attached hydrogen (secondary N) is 2. The summed E-state index contributed by atoms with van der Waals surface area (Å²) in [6.07, 6.45) is 1.38. The Labute approximate surface area is 179 Å². The maximum atomic E-state index is 12.5. The van der Waals surface area contributed by atoms with Crippen LogP contribution in [0.4, 0.5) is 0 Å². The molecule has 0 fully saturated rings. The normalized spacial score (nSPS) is 11.9. The molecule has 0 saturated carbocycles. The Morgan fingerprint density at radius 2 is 1.80 bits per heavy atom. The smallest absolute Gasteiger partial charge is 0.262 e. The Bertz CT molecular complexity index is 929. The van der Waals surface area contributed by atoms with Crippen LogP contribution >= 0.6 is 11.6 Å². The summed E-state index contributed by atoms with van der Waals surface area (Å²) < 4.78 is 5.31. The van der Waals surface area contributed by atoms with Gasteiger partial charge < -0.3 is 15.8 Å². The van der Waals surface area contributed by atoms with Gasteiger partial charge in [-0.1, -0.05) is 37.6 Å². The van der Waals surface area contributed by atoms with Crippen molar-refractivity contribution in [2.24, 2.45) is 16.8 Å². The van der Waals surface area contributed by atoms with Gasteiger partial charge in [-0.25, -0.2) is 5.43 Å². The average Bonchev–Trinajstić information content (AvgIpc) is 2.71. The van der Waals surface area contributed by atoms with Crippen molar-refractivity contribution < 1.29 is 19.1 Å². The molecule has 0 bridgehead atoms. The highest BCUT2D eigenvalue weighted by Crippen LogP contribution is 2.15. The summed E-state index contributed by atoms with van der Waals surface area (Å²) in [5.41, 5.74) is 8.44. The van der Waals surface area contributed by atoms with Crippen molar-refractivity contribution in [3.8, 4) is 5.75 Å². The zero-order valence-electron chi connectivity index (χ0n) is 16.6. The van der Waals surface area contributed by atoms with Crippen molar-refractivity contribution in [2.75, 3.05) is 6.61 Å². The Kier molecular flexibility index (Phi) is 8.37. The van der Waals surface area contributed by atoms with Gasteiger partial charge in [-0.2, -0.15) is 5.10 Å². The molecule has 0 radical (unpaired) electrons. The van der Waals surface area contributed by atoms with Gasteiger partial charge in [0.15, 0.2) is 6.61 Å². The number of benzene rings is 2. The van der Waals surface area contributed by atoms with Crippen molar-refractivity contribution in [1.29, 1.82) is 0 Å². The first kappa shape index (κ1) is 22.9. The van der Waals surface area contributed by atoms with E-state index in [2.05, 4.69) is 15.8 Å². The highest BCUT2D eigenvalue weighted by atomic mass is 35.5. The first-order valence-electron chi connectivity index (χ1n) is 9.17. The van der Waals surface area contributed by atoms with Gasteiger partial charge in [-0.3, -0.25) is 14.4 Å². The Morgan fingerprint density at radius 3 is 2.43 bits per heavy atom. The largest absolute Gasteiger partial charge is 0.483 e. The molecule has 158 valence electrons. The van der Waals surface area contributed by atoms with Gasteiger partial charge in [0.2, 0.25) is 0 Å². The van der Waals surface area contributed by atoms with Crippen molar-refractivity contribution in [3.63, 3.8) is 0 Å². The molecule has 0 aliphatic rings. The van der Waals surface area contributed by atoms with Crippen LogP contribution in [0.3, 0.4) is 0 Å². The van der Waals surface area contributed by atoms with E-state index < -0.39 is 23.8 Å². The van der Waals surface area contributed by atoms with Crippen LogP contribution in [0.5, 0.6) is 5.75 Å². The molecular weight excluding hydrogens is 408 g/mol. The second-order valence-corrected chi connectivity index (χ2v) is 7.17. The number of halogens is 1. The summed E-state index contributed by atoms with van der Waals surface area (Å²) in [7, 11) is 0. The number of nitrogens with zero attached hydrogens (tertiary/aromatic N) is 1. The van der Waals surface area contributed by atoms with Crippen LogP contribution < -0.4 is 21.2 Å². The molecule has 8 nitrogen and oxygen atoms in total. The van der Waals surface area contributed by atoms with Crippen LogP contribution in [-0.2, 0) is 9.59 Å². The number of hydrogen-bond donors (Lipinski definition) is 3. The van der Waals surface area contributed by atoms with Gasteiger partial charge in [-0.05, 0) is 42.3 Å². The molecular formula is C21H23ClN4O4. The molecule has 2 aromatic rings. The quantitative estimate of drug-likeness (QED) is 0.416. The number of hydrogen-bond acceptors (Lipinski definition) is 5. The molecule has 0 aromatic heterocycles. The fourth-order valence-corrected chi connectivity index (χ4v) is 2.59. The summed E-state index contributed by atoms with van der Waals surface area (Å²) >= 11 is 5.83. The summed E-state index contributed by atoms with van der Waals surface area (Å²) in [6.45, 7) is 3.34. The van der Waals surface area contributed by atoms with Crippen LogP contribution in [0, 0.1) is 5.92 Å². The number of primary amides is 1. The van der Waals surface area contributed by atoms with Crippen LogP contribution in [0.1, 0.15) is 29.8 Å². The van der Waals surface area contributed by atoms with Crippen LogP contribution in [0.15, 0.2) is 53.6 Å². The van der Waals surface area contributed by atoms with E-state index >= 15 is 0 Å². The monoisotopic (exact) mass is 430 g/mol. The van der Waals surface area contributed by atoms with E-state index in [0.29, 0.717) is 21.9 Å². The zero-order valence-corrected chi connectivity index (χ0v) is 17.3. The third-order valence-corrected chi connectivity index (χ3v) is 4.26. The van der Waals surface area contributed by atoms with E-state index in [4.69, 9.17) is 22.1 Å². The third-order valence-electron chi connectivity index (χ3n) is 4.01. The Balaban J connectivity index is 2.02. The third kappa shape index (κ3) is 6.89. The molecule has 0 aliphatic carbocycles. The van der Waals surface area contributed by atoms with E-state index in [-0.39, 0.29) is 12.5 Å². The van der Waals surface area contributed by atoms with E-state index in [1.165, 1.54) is 6.21 Å². The lowest BCUT2D eigenvalue weighted by Crippen LogP contribution is -2.48. The number of ether oxygens (including phenoxy) is 1. The van der Waals surface area contributed by atoms with Crippen LogP contribution in [-0.4, -0.2) is 36.6 Å². The lowest BCUT2D eigenvalue weighted by Gasteiger charge is -2.20. The summed E-state index contributed by atoms with van der Waals surface area (Å²) in [5.74, 6) is -1.26. The minimum absolute atomic E-state index is 0.178. The molecule has 4 N–H and O–H groups in total. The summed E-state index contributed by atoms with van der Waals surface area (Å²) in [6, 6.07) is 12.4. The SMILES string of the molecule is CC(C)C(NC(=O)c1ccc(Cl)cc1)C(=O)NN=Cc1ccccc1OCC(N)=O. The summed E-state index contributed by atoms with van der Waals surface area (Å²) in [4.78, 5) is 35.9. The Morgan fingerprint density at radius 1 is 1.13 bits per heavy atom. The zero-order chi connectivity index (χ0) is 22.1. The van der Waals surface area contributed by atoms with E-state index in [1.54, 1.807) is 48.5 Å². The number of carbonyl (C=O) groups is 3. The van der Waals surface area contributed by atoms with Gasteiger partial charge in [0.1, 0.15) is 11.8 Å². The molecule has 2 rings (SSSR count). The minimum atomic E-state index is -0.799. The van der Waals surface area contributed by atoms with Gasteiger partial charge in [0.25, 0.3) is 17.7 Å². The molecule has 0 spiro atoms. The molecule has 1 unspecified atom stereocenters. The molecule has 0 aliphatic heterocycles. The van der Waals surface area contributed by atoms with Gasteiger partial charge in [-0.15, -0.1) is 0 Å². The lowest BCUT2D eigenvalue weighted by atomic mass is 10.0. The molecule has 3 amide bonds. The highest BCUT2D eigenvalue weighted by molar-refractivity contribution is 6.30. The average molecular weight is 431 g/mol. The predicted octanol–water partition coefficient (Wildman–Crippen LogP) is 2.11. The standard InChI is InChI=1S/C21H23ClN4O4/c1-13(2)19(25-20(28)14-7-9-16(22)10-8-14)21(29)26-24-11-15-5-3-4-6-17(15)30-12-18(23)27/h3-11,13,19H,12H2,1-2H3,(H2,23,27)(H,25,28)(H,26,29). The van der Waals surface area contributed by atoms with Crippen molar-refractivity contribution in [2.45, 2.75) is 19.9 Å². The molecule has 1 atom stereocenters. The number of rotatable bonds is 9. The number of amides is 3. The van der Waals surface area contributed by atoms with Gasteiger partial charge in [0.05, 0.1) is 6.21 Å². The maximum Gasteiger partial charge on any atom is 0.262 e. The molecule has 30 heavy (non-hydrogen) atoms. The van der Waals surface area contributed by atoms with Gasteiger partial charge >= 0.3 is 0 Å². The fraction of sp³-hybridized carbons (Fsp3) is 0.238. The van der Waals surface area contributed by atoms with Crippen molar-refractivity contribution in [1.82, 2.24) is 10.7 Å². The van der Waals surface area contributed by atoms with Crippen molar-refractivity contribution in [3.05, 3.63) is 64.7 Å². The number of para-hydroxylation sites is 1. The van der Waals surface area contributed by atoms with Crippen molar-refractivity contribution >= 4 is 35.5 Å². The van der Waals surface area contributed by atoms with E-state index in [0.717, 1.165) is 0 Å². The fourth-order valence-electron chi connectivity index (χ4n) is 2.46. The number of nitrogens with two attached hydrogens (primary N) is 1. The minimum Gasteiger partial charge on any atom is -0.483 e. The van der Waals surface area contributed by atoms with Crippen LogP contribution in [0.25, 0.3) is 0 Å².